The Morgan fingerprint density at radius 1 is 1.20 bits per heavy atom. The molecule has 2 rings (SSSR count). The SMILES string of the molecule is CCCC1CCC(Nc2nnc(C)c(C)c2C#N)CC1. The predicted molar refractivity (Wildman–Crippen MR) is 80.5 cm³/mol. The van der Waals surface area contributed by atoms with Gasteiger partial charge in [0.25, 0.3) is 0 Å². The number of hydrogen-bond donors (Lipinski definition) is 1. The number of nitrogens with one attached hydrogen (secondary N) is 1. The Balaban J connectivity index is 2.02. The van der Waals surface area contributed by atoms with Gasteiger partial charge in [0.1, 0.15) is 11.6 Å². The van der Waals surface area contributed by atoms with Gasteiger partial charge in [-0.25, -0.2) is 0 Å². The molecular weight excluding hydrogens is 248 g/mol. The van der Waals surface area contributed by atoms with E-state index in [9.17, 15) is 5.26 Å². The van der Waals surface area contributed by atoms with Crippen LogP contribution in [0.25, 0.3) is 0 Å². The summed E-state index contributed by atoms with van der Waals surface area (Å²) in [4.78, 5) is 0. The summed E-state index contributed by atoms with van der Waals surface area (Å²) in [7, 11) is 0. The summed E-state index contributed by atoms with van der Waals surface area (Å²) in [6, 6.07) is 2.70. The molecule has 0 radical (unpaired) electrons. The van der Waals surface area contributed by atoms with Crippen molar-refractivity contribution in [3.8, 4) is 6.07 Å². The van der Waals surface area contributed by atoms with Crippen LogP contribution in [0.3, 0.4) is 0 Å². The standard InChI is InChI=1S/C16H24N4/c1-4-5-13-6-8-14(9-7-13)18-16-15(10-17)11(2)12(3)19-20-16/h13-14H,4-9H2,1-3H3,(H,18,20). The van der Waals surface area contributed by atoms with E-state index in [2.05, 4.69) is 28.5 Å². The Labute approximate surface area is 121 Å². The summed E-state index contributed by atoms with van der Waals surface area (Å²) in [5, 5.41) is 21.1. The number of hydrogen-bond acceptors (Lipinski definition) is 4. The molecule has 1 aliphatic carbocycles. The number of nitrogens with zero attached hydrogens (tertiary/aromatic N) is 3. The van der Waals surface area contributed by atoms with Crippen LogP contribution in [0, 0.1) is 31.1 Å². The first-order valence-electron chi connectivity index (χ1n) is 7.66. The Bertz CT molecular complexity index is 496. The lowest BCUT2D eigenvalue weighted by Crippen LogP contribution is -2.27. The van der Waals surface area contributed by atoms with Crippen molar-refractivity contribution < 1.29 is 0 Å². The van der Waals surface area contributed by atoms with Crippen molar-refractivity contribution in [1.82, 2.24) is 10.2 Å². The Hall–Kier alpha value is -1.63. The zero-order valence-electron chi connectivity index (χ0n) is 12.7. The van der Waals surface area contributed by atoms with E-state index < -0.39 is 0 Å². The fourth-order valence-electron chi connectivity index (χ4n) is 3.04. The molecule has 0 amide bonds. The van der Waals surface area contributed by atoms with Gasteiger partial charge < -0.3 is 5.32 Å². The second-order valence-corrected chi connectivity index (χ2v) is 5.90. The topological polar surface area (TPSA) is 61.6 Å². The van der Waals surface area contributed by atoms with Crippen molar-refractivity contribution in [3.05, 3.63) is 16.8 Å². The highest BCUT2D eigenvalue weighted by Gasteiger charge is 2.22. The molecule has 0 spiro atoms. The fraction of sp³-hybridized carbons (Fsp3) is 0.688. The summed E-state index contributed by atoms with van der Waals surface area (Å²) in [6.07, 6.45) is 7.54. The molecular formula is C16H24N4. The van der Waals surface area contributed by atoms with Crippen molar-refractivity contribution in [2.75, 3.05) is 5.32 Å². The van der Waals surface area contributed by atoms with Crippen molar-refractivity contribution in [1.29, 1.82) is 5.26 Å². The molecule has 108 valence electrons. The van der Waals surface area contributed by atoms with Gasteiger partial charge in [-0.1, -0.05) is 19.8 Å². The third-order valence-corrected chi connectivity index (χ3v) is 4.45. The number of aromatic nitrogens is 2. The molecule has 1 aromatic rings. The van der Waals surface area contributed by atoms with Crippen molar-refractivity contribution in [3.63, 3.8) is 0 Å². The van der Waals surface area contributed by atoms with E-state index in [-0.39, 0.29) is 0 Å². The quantitative estimate of drug-likeness (QED) is 0.907. The van der Waals surface area contributed by atoms with E-state index in [4.69, 9.17) is 0 Å². The highest BCUT2D eigenvalue weighted by Crippen LogP contribution is 2.30. The van der Waals surface area contributed by atoms with E-state index >= 15 is 0 Å². The van der Waals surface area contributed by atoms with Crippen LogP contribution in [0.4, 0.5) is 5.82 Å². The van der Waals surface area contributed by atoms with Crippen molar-refractivity contribution in [2.45, 2.75) is 65.3 Å². The number of rotatable bonds is 4. The lowest BCUT2D eigenvalue weighted by molar-refractivity contribution is 0.318. The van der Waals surface area contributed by atoms with E-state index in [0.717, 1.165) is 17.2 Å². The molecule has 1 aromatic heterocycles. The second-order valence-electron chi connectivity index (χ2n) is 5.90. The third-order valence-electron chi connectivity index (χ3n) is 4.45. The molecule has 1 fully saturated rings. The van der Waals surface area contributed by atoms with Crippen LogP contribution in [-0.4, -0.2) is 16.2 Å². The van der Waals surface area contributed by atoms with Gasteiger partial charge in [0.2, 0.25) is 0 Å². The van der Waals surface area contributed by atoms with Crippen LogP contribution in [0.2, 0.25) is 0 Å². The summed E-state index contributed by atoms with van der Waals surface area (Å²) in [6.45, 7) is 6.09. The monoisotopic (exact) mass is 272 g/mol. The summed E-state index contributed by atoms with van der Waals surface area (Å²) < 4.78 is 0. The summed E-state index contributed by atoms with van der Waals surface area (Å²) in [5.41, 5.74) is 2.41. The minimum atomic E-state index is 0.437. The fourth-order valence-corrected chi connectivity index (χ4v) is 3.04. The van der Waals surface area contributed by atoms with Gasteiger partial charge in [-0.2, -0.15) is 10.4 Å². The first-order valence-corrected chi connectivity index (χ1v) is 7.66. The van der Waals surface area contributed by atoms with E-state index in [1.807, 2.05) is 13.8 Å². The van der Waals surface area contributed by atoms with E-state index in [1.54, 1.807) is 0 Å². The third kappa shape index (κ3) is 3.27. The second kappa shape index (κ2) is 6.69. The molecule has 0 aliphatic heterocycles. The van der Waals surface area contributed by atoms with Gasteiger partial charge >= 0.3 is 0 Å². The zero-order valence-corrected chi connectivity index (χ0v) is 12.7. The minimum absolute atomic E-state index is 0.437. The highest BCUT2D eigenvalue weighted by atomic mass is 15.2. The molecule has 0 saturated heterocycles. The molecule has 1 saturated carbocycles. The molecule has 4 nitrogen and oxygen atoms in total. The maximum atomic E-state index is 9.31. The Morgan fingerprint density at radius 2 is 1.90 bits per heavy atom. The van der Waals surface area contributed by atoms with Crippen LogP contribution >= 0.6 is 0 Å². The van der Waals surface area contributed by atoms with Gasteiger partial charge in [-0.3, -0.25) is 0 Å². The Kier molecular flexibility index (Phi) is 4.94. The first kappa shape index (κ1) is 14.8. The number of nitriles is 1. The van der Waals surface area contributed by atoms with Crippen LogP contribution < -0.4 is 5.32 Å². The molecule has 0 bridgehead atoms. The van der Waals surface area contributed by atoms with Crippen molar-refractivity contribution in [2.24, 2.45) is 5.92 Å². The molecule has 0 aromatic carbocycles. The lowest BCUT2D eigenvalue weighted by Gasteiger charge is -2.29. The first-order chi connectivity index (χ1) is 9.65. The number of anilines is 1. The predicted octanol–water partition coefficient (Wildman–Crippen LogP) is 3.74. The van der Waals surface area contributed by atoms with Crippen LogP contribution in [-0.2, 0) is 0 Å². The highest BCUT2D eigenvalue weighted by molar-refractivity contribution is 5.56. The average molecular weight is 272 g/mol. The largest absolute Gasteiger partial charge is 0.365 e. The molecule has 4 heteroatoms. The van der Waals surface area contributed by atoms with Gasteiger partial charge in [-0.05, 0) is 51.0 Å². The molecule has 0 atom stereocenters. The smallest absolute Gasteiger partial charge is 0.167 e. The van der Waals surface area contributed by atoms with Crippen LogP contribution in [0.5, 0.6) is 0 Å². The van der Waals surface area contributed by atoms with Gasteiger partial charge in [0.05, 0.1) is 5.69 Å². The van der Waals surface area contributed by atoms with Crippen LogP contribution in [0.1, 0.15) is 62.3 Å². The summed E-state index contributed by atoms with van der Waals surface area (Å²) in [5.74, 6) is 1.55. The molecule has 1 heterocycles. The summed E-state index contributed by atoms with van der Waals surface area (Å²) >= 11 is 0. The lowest BCUT2D eigenvalue weighted by atomic mass is 9.83. The maximum absolute atomic E-state index is 9.31. The van der Waals surface area contributed by atoms with E-state index in [0.29, 0.717) is 17.4 Å². The van der Waals surface area contributed by atoms with Gasteiger partial charge in [0, 0.05) is 6.04 Å². The normalized spacial score (nSPS) is 22.3. The van der Waals surface area contributed by atoms with Crippen molar-refractivity contribution >= 4 is 5.82 Å². The molecule has 20 heavy (non-hydrogen) atoms. The van der Waals surface area contributed by atoms with Gasteiger partial charge in [0.15, 0.2) is 5.82 Å². The average Bonchev–Trinajstić information content (AvgIpc) is 2.46. The Morgan fingerprint density at radius 3 is 2.50 bits per heavy atom. The molecule has 1 aliphatic rings. The van der Waals surface area contributed by atoms with Gasteiger partial charge in [-0.15, -0.1) is 5.10 Å². The number of aryl methyl sites for hydroxylation is 1. The zero-order chi connectivity index (χ0) is 14.5. The minimum Gasteiger partial charge on any atom is -0.365 e. The maximum Gasteiger partial charge on any atom is 0.167 e. The molecule has 1 N–H and O–H groups in total. The van der Waals surface area contributed by atoms with Crippen LogP contribution in [0.15, 0.2) is 0 Å². The van der Waals surface area contributed by atoms with E-state index in [1.165, 1.54) is 38.5 Å². The molecule has 0 unspecified atom stereocenters.